The van der Waals surface area contributed by atoms with Crippen molar-refractivity contribution >= 4 is 24.1 Å². The maximum Gasteiger partial charge on any atom is 0.416 e. The van der Waals surface area contributed by atoms with Crippen LogP contribution in [0.2, 0.25) is 0 Å². The number of aromatic nitrogens is 2. The fourth-order valence-corrected chi connectivity index (χ4v) is 2.25. The third kappa shape index (κ3) is 5.20. The molecule has 1 aromatic carbocycles. The van der Waals surface area contributed by atoms with Gasteiger partial charge in [-0.1, -0.05) is 13.0 Å². The van der Waals surface area contributed by atoms with Crippen molar-refractivity contribution in [2.24, 2.45) is 5.92 Å². The van der Waals surface area contributed by atoms with Crippen molar-refractivity contribution in [3.63, 3.8) is 0 Å². The summed E-state index contributed by atoms with van der Waals surface area (Å²) in [6.07, 6.45) is -4.44. The number of alkyl halides is 3. The molecule has 1 atom stereocenters. The average molecular weight is 377 g/mol. The summed E-state index contributed by atoms with van der Waals surface area (Å²) in [4.78, 5) is 12.1. The SMILES string of the molecule is CNCC(C)C(=O)Nc1cc(C)nn1-c1cccc(C(F)(F)F)c1.Cl. The molecule has 0 radical (unpaired) electrons. The summed E-state index contributed by atoms with van der Waals surface area (Å²) in [7, 11) is 1.74. The molecule has 0 fully saturated rings. The summed E-state index contributed by atoms with van der Waals surface area (Å²) in [6.45, 7) is 3.95. The Morgan fingerprint density at radius 1 is 1.32 bits per heavy atom. The van der Waals surface area contributed by atoms with Crippen LogP contribution in [0, 0.1) is 12.8 Å². The molecule has 0 aliphatic heterocycles. The molecule has 0 saturated carbocycles. The van der Waals surface area contributed by atoms with Crippen LogP contribution in [0.5, 0.6) is 0 Å². The molecule has 0 bridgehead atoms. The van der Waals surface area contributed by atoms with Crippen LogP contribution >= 0.6 is 12.4 Å². The lowest BCUT2D eigenvalue weighted by Gasteiger charge is -2.14. The van der Waals surface area contributed by atoms with Crippen LogP contribution in [0.4, 0.5) is 19.0 Å². The van der Waals surface area contributed by atoms with E-state index >= 15 is 0 Å². The van der Waals surface area contributed by atoms with E-state index in [0.717, 1.165) is 12.1 Å². The van der Waals surface area contributed by atoms with Gasteiger partial charge < -0.3 is 10.6 Å². The molecule has 0 spiro atoms. The van der Waals surface area contributed by atoms with Crippen molar-refractivity contribution in [3.8, 4) is 5.69 Å². The fourth-order valence-electron chi connectivity index (χ4n) is 2.25. The minimum Gasteiger partial charge on any atom is -0.319 e. The number of nitrogens with one attached hydrogen (secondary N) is 2. The van der Waals surface area contributed by atoms with Gasteiger partial charge in [-0.05, 0) is 32.2 Å². The van der Waals surface area contributed by atoms with E-state index in [1.807, 2.05) is 0 Å². The summed E-state index contributed by atoms with van der Waals surface area (Å²) >= 11 is 0. The van der Waals surface area contributed by atoms with Crippen LogP contribution in [-0.4, -0.2) is 29.3 Å². The van der Waals surface area contributed by atoms with Crippen molar-refractivity contribution in [1.82, 2.24) is 15.1 Å². The first-order valence-corrected chi connectivity index (χ1v) is 7.42. The molecular weight excluding hydrogens is 357 g/mol. The number of halogens is 4. The van der Waals surface area contributed by atoms with E-state index in [1.165, 1.54) is 16.8 Å². The summed E-state index contributed by atoms with van der Waals surface area (Å²) in [6, 6.07) is 6.43. The maximum absolute atomic E-state index is 12.9. The monoisotopic (exact) mass is 376 g/mol. The van der Waals surface area contributed by atoms with Gasteiger partial charge in [-0.15, -0.1) is 12.4 Å². The first-order valence-electron chi connectivity index (χ1n) is 7.42. The molecule has 0 aliphatic carbocycles. The summed E-state index contributed by atoms with van der Waals surface area (Å²) in [5, 5.41) is 9.80. The van der Waals surface area contributed by atoms with Gasteiger partial charge >= 0.3 is 6.18 Å². The van der Waals surface area contributed by atoms with Crippen molar-refractivity contribution < 1.29 is 18.0 Å². The zero-order chi connectivity index (χ0) is 17.9. The zero-order valence-corrected chi connectivity index (χ0v) is 14.8. The van der Waals surface area contributed by atoms with Gasteiger partial charge in [0.25, 0.3) is 0 Å². The number of nitrogens with zero attached hydrogens (tertiary/aromatic N) is 2. The maximum atomic E-state index is 12.9. The molecule has 138 valence electrons. The predicted octanol–water partition coefficient (Wildman–Crippen LogP) is 3.42. The van der Waals surface area contributed by atoms with Gasteiger partial charge in [0.05, 0.1) is 16.9 Å². The minimum atomic E-state index is -4.44. The van der Waals surface area contributed by atoms with Crippen molar-refractivity contribution in [2.75, 3.05) is 18.9 Å². The van der Waals surface area contributed by atoms with Gasteiger partial charge in [0, 0.05) is 18.5 Å². The number of anilines is 1. The Kier molecular flexibility index (Phi) is 7.01. The number of carbonyl (C=O) groups is 1. The first-order chi connectivity index (χ1) is 11.2. The highest BCUT2D eigenvalue weighted by Crippen LogP contribution is 2.31. The molecule has 5 nitrogen and oxygen atoms in total. The second-order valence-corrected chi connectivity index (χ2v) is 5.58. The smallest absolute Gasteiger partial charge is 0.319 e. The van der Waals surface area contributed by atoms with Crippen LogP contribution in [0.1, 0.15) is 18.2 Å². The number of benzene rings is 1. The van der Waals surface area contributed by atoms with Crippen molar-refractivity contribution in [2.45, 2.75) is 20.0 Å². The zero-order valence-electron chi connectivity index (χ0n) is 14.0. The van der Waals surface area contributed by atoms with Crippen molar-refractivity contribution in [3.05, 3.63) is 41.6 Å². The second-order valence-electron chi connectivity index (χ2n) is 5.58. The molecule has 2 N–H and O–H groups in total. The van der Waals surface area contributed by atoms with Crippen LogP contribution in [0.15, 0.2) is 30.3 Å². The number of hydrogen-bond acceptors (Lipinski definition) is 3. The Morgan fingerprint density at radius 3 is 2.60 bits per heavy atom. The van der Waals surface area contributed by atoms with E-state index < -0.39 is 11.7 Å². The lowest BCUT2D eigenvalue weighted by molar-refractivity contribution is -0.137. The largest absolute Gasteiger partial charge is 0.416 e. The number of aryl methyl sites for hydroxylation is 1. The fraction of sp³-hybridized carbons (Fsp3) is 0.375. The van der Waals surface area contributed by atoms with Gasteiger partial charge in [-0.2, -0.15) is 18.3 Å². The normalized spacial score (nSPS) is 12.4. The standard InChI is InChI=1S/C16H19F3N4O.ClH/c1-10(9-20-3)15(24)21-14-7-11(2)22-23(14)13-6-4-5-12(8-13)16(17,18)19;/h4-8,10,20H,9H2,1-3H3,(H,21,24);1H. The molecule has 9 heteroatoms. The Labute approximate surface area is 150 Å². The highest BCUT2D eigenvalue weighted by Gasteiger charge is 2.30. The number of rotatable bonds is 5. The van der Waals surface area contributed by atoms with Crippen LogP contribution in [-0.2, 0) is 11.0 Å². The van der Waals surface area contributed by atoms with Gasteiger partial charge in [0.2, 0.25) is 5.91 Å². The third-order valence-electron chi connectivity index (χ3n) is 3.46. The van der Waals surface area contributed by atoms with E-state index in [4.69, 9.17) is 0 Å². The molecule has 1 heterocycles. The molecule has 0 aliphatic rings. The summed E-state index contributed by atoms with van der Waals surface area (Å²) in [5.41, 5.74) is 0.0486. The van der Waals surface area contributed by atoms with Gasteiger partial charge in [0.15, 0.2) is 0 Å². The Hall–Kier alpha value is -2.06. The quantitative estimate of drug-likeness (QED) is 0.840. The minimum absolute atomic E-state index is 0. The highest BCUT2D eigenvalue weighted by atomic mass is 35.5. The van der Waals surface area contributed by atoms with E-state index in [1.54, 1.807) is 27.0 Å². The van der Waals surface area contributed by atoms with Crippen LogP contribution in [0.25, 0.3) is 5.69 Å². The van der Waals surface area contributed by atoms with Gasteiger partial charge in [-0.25, -0.2) is 4.68 Å². The van der Waals surface area contributed by atoms with Gasteiger partial charge in [-0.3, -0.25) is 4.79 Å². The molecule has 25 heavy (non-hydrogen) atoms. The molecule has 1 unspecified atom stereocenters. The van der Waals surface area contributed by atoms with E-state index in [2.05, 4.69) is 15.7 Å². The van der Waals surface area contributed by atoms with Crippen LogP contribution < -0.4 is 10.6 Å². The molecule has 1 aromatic heterocycles. The Morgan fingerprint density at radius 2 is 2.00 bits per heavy atom. The van der Waals surface area contributed by atoms with Crippen LogP contribution in [0.3, 0.4) is 0 Å². The van der Waals surface area contributed by atoms with Gasteiger partial charge in [0.1, 0.15) is 5.82 Å². The van der Waals surface area contributed by atoms with E-state index in [-0.39, 0.29) is 29.9 Å². The molecule has 1 amide bonds. The molecule has 2 rings (SSSR count). The summed E-state index contributed by atoms with van der Waals surface area (Å²) < 4.78 is 40.0. The third-order valence-corrected chi connectivity index (χ3v) is 3.46. The number of hydrogen-bond donors (Lipinski definition) is 2. The highest BCUT2D eigenvalue weighted by molar-refractivity contribution is 5.92. The molecule has 0 saturated heterocycles. The molecular formula is C16H20ClF3N4O. The number of carbonyl (C=O) groups excluding carboxylic acids is 1. The number of amides is 1. The lowest BCUT2D eigenvalue weighted by Crippen LogP contribution is -2.29. The van der Waals surface area contributed by atoms with E-state index in [0.29, 0.717) is 18.1 Å². The topological polar surface area (TPSA) is 59.0 Å². The predicted molar refractivity (Wildman–Crippen MR) is 92.3 cm³/mol. The lowest BCUT2D eigenvalue weighted by atomic mass is 10.1. The Bertz CT molecular complexity index is 730. The molecule has 2 aromatic rings. The van der Waals surface area contributed by atoms with E-state index in [9.17, 15) is 18.0 Å². The average Bonchev–Trinajstić information content (AvgIpc) is 2.87. The van der Waals surface area contributed by atoms with Crippen molar-refractivity contribution in [1.29, 1.82) is 0 Å². The summed E-state index contributed by atoms with van der Waals surface area (Å²) in [5.74, 6) is -0.197. The Balaban J connectivity index is 0.00000312. The second kappa shape index (κ2) is 8.35. The first kappa shape index (κ1) is 21.0.